The van der Waals surface area contributed by atoms with Gasteiger partial charge in [0.2, 0.25) is 0 Å². The van der Waals surface area contributed by atoms with Gasteiger partial charge in [0.05, 0.1) is 11.4 Å². The molecule has 30 heavy (non-hydrogen) atoms. The Kier molecular flexibility index (Phi) is 4.42. The van der Waals surface area contributed by atoms with Crippen LogP contribution in [0, 0.1) is 19.7 Å². The molecular formula is C25H24FN3O. The van der Waals surface area contributed by atoms with Crippen molar-refractivity contribution in [3.8, 4) is 11.1 Å². The topological polar surface area (TPSA) is 54.4 Å². The maximum absolute atomic E-state index is 15.2. The first kappa shape index (κ1) is 18.9. The van der Waals surface area contributed by atoms with Crippen LogP contribution in [0.5, 0.6) is 0 Å². The Morgan fingerprint density at radius 1 is 1.13 bits per heavy atom. The summed E-state index contributed by atoms with van der Waals surface area (Å²) < 4.78 is 15.2. The van der Waals surface area contributed by atoms with Crippen LogP contribution >= 0.6 is 0 Å². The van der Waals surface area contributed by atoms with E-state index in [1.165, 1.54) is 0 Å². The highest BCUT2D eigenvalue weighted by Gasteiger charge is 2.31. The number of pyridine rings is 1. The first-order valence-electron chi connectivity index (χ1n) is 10.5. The second-order valence-electron chi connectivity index (χ2n) is 8.44. The standard InChI is InChI=1S/C25H24FN3O/c1-13-7-16(11-28-13)8-19-23(30)10-18-21(26)9-17(14(2)24(18)19)20-12-29-22-5-4-6-27-25(22)15(20)3/h8-9,11-12,27H,4-7,10H2,1-3H3/b19-8+. The normalized spacial score (nSPS) is 18.8. The van der Waals surface area contributed by atoms with E-state index < -0.39 is 0 Å². The van der Waals surface area contributed by atoms with E-state index in [1.54, 1.807) is 12.3 Å². The van der Waals surface area contributed by atoms with E-state index in [1.807, 2.05) is 26.1 Å². The van der Waals surface area contributed by atoms with Gasteiger partial charge < -0.3 is 5.32 Å². The molecule has 1 aliphatic carbocycles. The van der Waals surface area contributed by atoms with Crippen LogP contribution in [0.3, 0.4) is 0 Å². The number of nitrogens with zero attached hydrogens (tertiary/aromatic N) is 2. The van der Waals surface area contributed by atoms with Crippen molar-refractivity contribution in [3.05, 3.63) is 63.9 Å². The van der Waals surface area contributed by atoms with Crippen molar-refractivity contribution >= 4 is 22.8 Å². The molecule has 0 spiro atoms. The van der Waals surface area contributed by atoms with Gasteiger partial charge in [-0.05, 0) is 73.6 Å². The highest BCUT2D eigenvalue weighted by atomic mass is 19.1. The molecule has 1 aromatic carbocycles. The Hall–Kier alpha value is -3.08. The average Bonchev–Trinajstić information content (AvgIpc) is 3.29. The van der Waals surface area contributed by atoms with Crippen LogP contribution in [0.1, 0.15) is 47.7 Å². The van der Waals surface area contributed by atoms with E-state index in [0.717, 1.165) is 76.3 Å². The molecule has 1 N–H and O–H groups in total. The minimum Gasteiger partial charge on any atom is -0.383 e. The predicted octanol–water partition coefficient (Wildman–Crippen LogP) is 5.12. The van der Waals surface area contributed by atoms with Crippen molar-refractivity contribution in [1.29, 1.82) is 0 Å². The second-order valence-corrected chi connectivity index (χ2v) is 8.44. The van der Waals surface area contributed by atoms with Crippen molar-refractivity contribution in [2.24, 2.45) is 4.99 Å². The molecule has 152 valence electrons. The molecule has 0 saturated carbocycles. The fraction of sp³-hybridized carbons (Fsp3) is 0.320. The van der Waals surface area contributed by atoms with Gasteiger partial charge in [-0.3, -0.25) is 14.8 Å². The molecule has 2 aliphatic heterocycles. The number of carbonyl (C=O) groups excluding carboxylic acids is 1. The summed E-state index contributed by atoms with van der Waals surface area (Å²) in [5.41, 5.74) is 9.73. The molecule has 1 aromatic heterocycles. The Morgan fingerprint density at radius 3 is 2.73 bits per heavy atom. The predicted molar refractivity (Wildman–Crippen MR) is 118 cm³/mol. The van der Waals surface area contributed by atoms with Gasteiger partial charge in [0.15, 0.2) is 5.78 Å². The lowest BCUT2D eigenvalue weighted by molar-refractivity contribution is -0.112. The number of halogens is 1. The van der Waals surface area contributed by atoms with E-state index in [4.69, 9.17) is 0 Å². The number of aliphatic imine (C=N–C) groups is 1. The molecule has 0 radical (unpaired) electrons. The number of fused-ring (bicyclic) bond motifs is 2. The minimum absolute atomic E-state index is 0.0310. The molecule has 0 fully saturated rings. The smallest absolute Gasteiger partial charge is 0.168 e. The number of carbonyl (C=O) groups is 1. The maximum atomic E-state index is 15.2. The number of anilines is 1. The molecule has 5 rings (SSSR count). The maximum Gasteiger partial charge on any atom is 0.168 e. The van der Waals surface area contributed by atoms with Crippen molar-refractivity contribution in [1.82, 2.24) is 4.98 Å². The van der Waals surface area contributed by atoms with E-state index in [-0.39, 0.29) is 18.0 Å². The molecule has 4 nitrogen and oxygen atoms in total. The number of nitrogens with one attached hydrogen (secondary N) is 1. The zero-order valence-electron chi connectivity index (χ0n) is 17.5. The SMILES string of the molecule is CC1=NC=C(/C=C2\C(=O)Cc3c(F)cc(-c4cnc5c(c4C)NCCC5)c(C)c32)C1. The van der Waals surface area contributed by atoms with E-state index in [2.05, 4.69) is 22.2 Å². The largest absolute Gasteiger partial charge is 0.383 e. The van der Waals surface area contributed by atoms with Crippen LogP contribution < -0.4 is 5.32 Å². The molecular weight excluding hydrogens is 377 g/mol. The van der Waals surface area contributed by atoms with Gasteiger partial charge in [-0.25, -0.2) is 4.39 Å². The van der Waals surface area contributed by atoms with Gasteiger partial charge in [-0.1, -0.05) is 0 Å². The summed E-state index contributed by atoms with van der Waals surface area (Å²) in [6, 6.07) is 1.58. The number of aryl methyl sites for hydroxylation is 1. The molecule has 2 aromatic rings. The summed E-state index contributed by atoms with van der Waals surface area (Å²) in [7, 11) is 0. The number of allylic oxidation sites excluding steroid dienone is 3. The lowest BCUT2D eigenvalue weighted by atomic mass is 9.89. The summed E-state index contributed by atoms with van der Waals surface area (Å²) >= 11 is 0. The van der Waals surface area contributed by atoms with Crippen molar-refractivity contribution in [2.75, 3.05) is 11.9 Å². The number of Topliss-reactive ketones (excluding diaryl/α,β-unsaturated/α-hetero) is 1. The number of aromatic nitrogens is 1. The Balaban J connectivity index is 1.67. The molecule has 0 amide bonds. The van der Waals surface area contributed by atoms with Crippen molar-refractivity contribution < 1.29 is 9.18 Å². The quantitative estimate of drug-likeness (QED) is 0.711. The van der Waals surface area contributed by atoms with Crippen LogP contribution in [0.25, 0.3) is 16.7 Å². The Morgan fingerprint density at radius 2 is 1.97 bits per heavy atom. The summed E-state index contributed by atoms with van der Waals surface area (Å²) in [5, 5.41) is 3.45. The number of rotatable bonds is 2. The van der Waals surface area contributed by atoms with Gasteiger partial charge in [0, 0.05) is 54.2 Å². The fourth-order valence-electron chi connectivity index (χ4n) is 4.84. The van der Waals surface area contributed by atoms with Crippen LogP contribution in [0.4, 0.5) is 10.1 Å². The van der Waals surface area contributed by atoms with Crippen LogP contribution in [0.15, 0.2) is 35.1 Å². The van der Waals surface area contributed by atoms with Gasteiger partial charge in [-0.2, -0.15) is 0 Å². The third-order valence-electron chi connectivity index (χ3n) is 6.39. The highest BCUT2D eigenvalue weighted by molar-refractivity contribution is 6.26. The summed E-state index contributed by atoms with van der Waals surface area (Å²) in [4.78, 5) is 21.8. The van der Waals surface area contributed by atoms with Gasteiger partial charge >= 0.3 is 0 Å². The van der Waals surface area contributed by atoms with Gasteiger partial charge in [0.25, 0.3) is 0 Å². The molecule has 0 bridgehead atoms. The number of benzene rings is 1. The molecule has 0 unspecified atom stereocenters. The lowest BCUT2D eigenvalue weighted by Gasteiger charge is -2.22. The molecule has 0 atom stereocenters. The number of hydrogen-bond acceptors (Lipinski definition) is 4. The first-order valence-corrected chi connectivity index (χ1v) is 10.5. The van der Waals surface area contributed by atoms with Gasteiger partial charge in [0.1, 0.15) is 5.82 Å². The summed E-state index contributed by atoms with van der Waals surface area (Å²) in [5.74, 6) is -0.350. The molecule has 3 aliphatic rings. The average molecular weight is 401 g/mol. The highest BCUT2D eigenvalue weighted by Crippen LogP contribution is 2.42. The van der Waals surface area contributed by atoms with Crippen LogP contribution in [0.2, 0.25) is 0 Å². The van der Waals surface area contributed by atoms with Crippen LogP contribution in [-0.4, -0.2) is 23.0 Å². The Bertz CT molecular complexity index is 1200. The molecule has 0 saturated heterocycles. The van der Waals surface area contributed by atoms with Gasteiger partial charge in [-0.15, -0.1) is 0 Å². The molecule has 5 heteroatoms. The Labute approximate surface area is 175 Å². The molecule has 3 heterocycles. The number of hydrogen-bond donors (Lipinski definition) is 1. The van der Waals surface area contributed by atoms with Crippen molar-refractivity contribution in [2.45, 2.75) is 46.5 Å². The third kappa shape index (κ3) is 2.92. The zero-order chi connectivity index (χ0) is 21.0. The monoisotopic (exact) mass is 401 g/mol. The van der Waals surface area contributed by atoms with E-state index in [0.29, 0.717) is 11.1 Å². The zero-order valence-corrected chi connectivity index (χ0v) is 17.5. The minimum atomic E-state index is -0.319. The number of ketones is 1. The van der Waals surface area contributed by atoms with E-state index >= 15 is 4.39 Å². The fourth-order valence-corrected chi connectivity index (χ4v) is 4.84. The van der Waals surface area contributed by atoms with E-state index in [9.17, 15) is 4.79 Å². The summed E-state index contributed by atoms with van der Waals surface area (Å²) in [6.07, 6.45) is 8.42. The summed E-state index contributed by atoms with van der Waals surface area (Å²) in [6.45, 7) is 6.94. The lowest BCUT2D eigenvalue weighted by Crippen LogP contribution is -2.15. The third-order valence-corrected chi connectivity index (χ3v) is 6.39. The first-order chi connectivity index (χ1) is 14.4. The van der Waals surface area contributed by atoms with Crippen molar-refractivity contribution in [3.63, 3.8) is 0 Å². The van der Waals surface area contributed by atoms with Crippen LogP contribution in [-0.2, 0) is 17.6 Å². The second kappa shape index (κ2) is 7.01.